The van der Waals surface area contributed by atoms with Crippen LogP contribution in [0.25, 0.3) is 0 Å². The molecule has 4 heteroatoms. The first kappa shape index (κ1) is 13.4. The largest absolute Gasteiger partial charge is 0.369 e. The average Bonchev–Trinajstić information content (AvgIpc) is 3.01. The highest BCUT2D eigenvalue weighted by Crippen LogP contribution is 2.27. The predicted octanol–water partition coefficient (Wildman–Crippen LogP) is 2.66. The second kappa shape index (κ2) is 5.81. The van der Waals surface area contributed by atoms with Gasteiger partial charge in [0.25, 0.3) is 0 Å². The first-order valence-electron chi connectivity index (χ1n) is 7.54. The van der Waals surface area contributed by atoms with E-state index in [2.05, 4.69) is 4.90 Å². The number of benzene rings is 1. The number of hydrogen-bond acceptors (Lipinski definition) is 2. The molecule has 0 spiro atoms. The number of rotatable bonds is 2. The molecule has 3 nitrogen and oxygen atoms in total. The van der Waals surface area contributed by atoms with Crippen molar-refractivity contribution >= 4 is 11.6 Å². The van der Waals surface area contributed by atoms with Crippen molar-refractivity contribution < 1.29 is 9.18 Å². The summed E-state index contributed by atoms with van der Waals surface area (Å²) in [5.41, 5.74) is 0.666. The summed E-state index contributed by atoms with van der Waals surface area (Å²) in [4.78, 5) is 16.4. The number of likely N-dealkylation sites (tertiary alicyclic amines) is 1. The summed E-state index contributed by atoms with van der Waals surface area (Å²) in [6, 6.07) is 6.89. The van der Waals surface area contributed by atoms with Crippen LogP contribution < -0.4 is 4.90 Å². The first-order valence-corrected chi connectivity index (χ1v) is 7.54. The van der Waals surface area contributed by atoms with E-state index in [1.807, 2.05) is 17.0 Å². The highest BCUT2D eigenvalue weighted by molar-refractivity contribution is 5.79. The molecule has 0 radical (unpaired) electrons. The van der Waals surface area contributed by atoms with E-state index in [0.717, 1.165) is 51.9 Å². The number of anilines is 1. The lowest BCUT2D eigenvalue weighted by atomic mass is 9.95. The van der Waals surface area contributed by atoms with Crippen molar-refractivity contribution in [1.82, 2.24) is 4.90 Å². The summed E-state index contributed by atoms with van der Waals surface area (Å²) in [6.07, 6.45) is 3.95. The molecular formula is C16H21FN2O. The molecule has 1 aromatic rings. The van der Waals surface area contributed by atoms with E-state index in [-0.39, 0.29) is 11.7 Å². The first-order chi connectivity index (χ1) is 9.75. The monoisotopic (exact) mass is 276 g/mol. The Hall–Kier alpha value is -1.58. The van der Waals surface area contributed by atoms with Gasteiger partial charge >= 0.3 is 0 Å². The summed E-state index contributed by atoms with van der Waals surface area (Å²) in [5.74, 6) is 0.281. The van der Waals surface area contributed by atoms with Crippen molar-refractivity contribution in [3.05, 3.63) is 30.1 Å². The minimum atomic E-state index is -0.170. The fourth-order valence-electron chi connectivity index (χ4n) is 3.27. The zero-order valence-corrected chi connectivity index (χ0v) is 11.7. The maximum atomic E-state index is 13.8. The van der Waals surface area contributed by atoms with Crippen molar-refractivity contribution in [3.63, 3.8) is 0 Å². The maximum absolute atomic E-state index is 13.8. The van der Waals surface area contributed by atoms with E-state index >= 15 is 0 Å². The smallest absolute Gasteiger partial charge is 0.225 e. The fraction of sp³-hybridized carbons (Fsp3) is 0.562. The summed E-state index contributed by atoms with van der Waals surface area (Å²) in [7, 11) is 0. The predicted molar refractivity (Wildman–Crippen MR) is 77.2 cm³/mol. The van der Waals surface area contributed by atoms with Gasteiger partial charge in [-0.1, -0.05) is 12.1 Å². The Bertz CT molecular complexity index is 477. The highest BCUT2D eigenvalue weighted by Gasteiger charge is 2.30. The number of carbonyl (C=O) groups excluding carboxylic acids is 1. The van der Waals surface area contributed by atoms with Crippen LogP contribution in [-0.2, 0) is 4.79 Å². The van der Waals surface area contributed by atoms with E-state index < -0.39 is 0 Å². The normalized spacial score (nSPS) is 20.4. The molecule has 0 atom stereocenters. The van der Waals surface area contributed by atoms with Crippen LogP contribution in [0.3, 0.4) is 0 Å². The molecule has 2 heterocycles. The van der Waals surface area contributed by atoms with Crippen LogP contribution in [0.5, 0.6) is 0 Å². The standard InChI is InChI=1S/C16H21FN2O/c17-14-5-1-2-6-15(14)18-11-7-13(8-12-18)16(20)19-9-3-4-10-19/h1-2,5-6,13H,3-4,7-12H2. The minimum absolute atomic E-state index is 0.135. The Kier molecular flexibility index (Phi) is 3.90. The Morgan fingerprint density at radius 1 is 1.05 bits per heavy atom. The van der Waals surface area contributed by atoms with Gasteiger partial charge in [0.1, 0.15) is 5.82 Å². The summed E-state index contributed by atoms with van der Waals surface area (Å²) >= 11 is 0. The van der Waals surface area contributed by atoms with Crippen molar-refractivity contribution in [1.29, 1.82) is 0 Å². The summed E-state index contributed by atoms with van der Waals surface area (Å²) in [6.45, 7) is 3.38. The SMILES string of the molecule is O=C(C1CCN(c2ccccc2F)CC1)N1CCCC1. The lowest BCUT2D eigenvalue weighted by Gasteiger charge is -2.34. The molecule has 0 aliphatic carbocycles. The zero-order chi connectivity index (χ0) is 13.9. The molecule has 0 unspecified atom stereocenters. The van der Waals surface area contributed by atoms with Gasteiger partial charge in [-0.05, 0) is 37.8 Å². The third-order valence-corrected chi connectivity index (χ3v) is 4.46. The van der Waals surface area contributed by atoms with E-state index in [9.17, 15) is 9.18 Å². The van der Waals surface area contributed by atoms with Crippen LogP contribution in [0.2, 0.25) is 0 Å². The second-order valence-corrected chi connectivity index (χ2v) is 5.75. The van der Waals surface area contributed by atoms with Crippen molar-refractivity contribution in [3.8, 4) is 0 Å². The molecular weight excluding hydrogens is 255 g/mol. The lowest BCUT2D eigenvalue weighted by Crippen LogP contribution is -2.41. The van der Waals surface area contributed by atoms with Crippen molar-refractivity contribution in [2.24, 2.45) is 5.92 Å². The number of piperidine rings is 1. The molecule has 0 N–H and O–H groups in total. The van der Waals surface area contributed by atoms with Gasteiger partial charge in [-0.2, -0.15) is 0 Å². The maximum Gasteiger partial charge on any atom is 0.225 e. The van der Waals surface area contributed by atoms with Gasteiger partial charge in [0.2, 0.25) is 5.91 Å². The summed E-state index contributed by atoms with van der Waals surface area (Å²) in [5, 5.41) is 0. The second-order valence-electron chi connectivity index (χ2n) is 5.75. The van der Waals surface area contributed by atoms with Gasteiger partial charge in [-0.15, -0.1) is 0 Å². The molecule has 0 bridgehead atoms. The number of nitrogens with zero attached hydrogens (tertiary/aromatic N) is 2. The quantitative estimate of drug-likeness (QED) is 0.829. The number of carbonyl (C=O) groups is 1. The van der Waals surface area contributed by atoms with Gasteiger partial charge in [0.15, 0.2) is 0 Å². The highest BCUT2D eigenvalue weighted by atomic mass is 19.1. The average molecular weight is 276 g/mol. The number of para-hydroxylation sites is 1. The van der Waals surface area contributed by atoms with Crippen molar-refractivity contribution in [2.45, 2.75) is 25.7 Å². The van der Waals surface area contributed by atoms with E-state index in [0.29, 0.717) is 11.6 Å². The van der Waals surface area contributed by atoms with Gasteiger partial charge < -0.3 is 9.80 Å². The summed E-state index contributed by atoms with van der Waals surface area (Å²) < 4.78 is 13.8. The van der Waals surface area contributed by atoms with E-state index in [1.54, 1.807) is 6.07 Å². The Labute approximate surface area is 119 Å². The van der Waals surface area contributed by atoms with Gasteiger partial charge in [0, 0.05) is 32.1 Å². The topological polar surface area (TPSA) is 23.6 Å². The Morgan fingerprint density at radius 3 is 2.35 bits per heavy atom. The van der Waals surface area contributed by atoms with Crippen LogP contribution in [0, 0.1) is 11.7 Å². The molecule has 3 rings (SSSR count). The molecule has 1 aromatic carbocycles. The van der Waals surface area contributed by atoms with Gasteiger partial charge in [-0.3, -0.25) is 4.79 Å². The minimum Gasteiger partial charge on any atom is -0.369 e. The zero-order valence-electron chi connectivity index (χ0n) is 11.7. The van der Waals surface area contributed by atoms with Crippen LogP contribution in [0.4, 0.5) is 10.1 Å². The Balaban J connectivity index is 1.59. The van der Waals surface area contributed by atoms with E-state index in [1.165, 1.54) is 6.07 Å². The van der Waals surface area contributed by atoms with Crippen LogP contribution in [0.15, 0.2) is 24.3 Å². The lowest BCUT2D eigenvalue weighted by molar-refractivity contribution is -0.135. The number of amides is 1. The number of hydrogen-bond donors (Lipinski definition) is 0. The van der Waals surface area contributed by atoms with Crippen LogP contribution >= 0.6 is 0 Å². The van der Waals surface area contributed by atoms with Crippen LogP contribution in [-0.4, -0.2) is 37.0 Å². The molecule has 1 amide bonds. The molecule has 20 heavy (non-hydrogen) atoms. The third kappa shape index (κ3) is 2.65. The van der Waals surface area contributed by atoms with Gasteiger partial charge in [-0.25, -0.2) is 4.39 Å². The van der Waals surface area contributed by atoms with Crippen LogP contribution in [0.1, 0.15) is 25.7 Å². The Morgan fingerprint density at radius 2 is 1.70 bits per heavy atom. The molecule has 2 saturated heterocycles. The fourth-order valence-corrected chi connectivity index (χ4v) is 3.27. The molecule has 2 aliphatic rings. The molecule has 0 saturated carbocycles. The van der Waals surface area contributed by atoms with Gasteiger partial charge in [0.05, 0.1) is 5.69 Å². The third-order valence-electron chi connectivity index (χ3n) is 4.46. The van der Waals surface area contributed by atoms with Crippen molar-refractivity contribution in [2.75, 3.05) is 31.1 Å². The molecule has 108 valence electrons. The molecule has 2 aliphatic heterocycles. The van der Waals surface area contributed by atoms with E-state index in [4.69, 9.17) is 0 Å². The number of halogens is 1. The molecule has 0 aromatic heterocycles. The molecule has 2 fully saturated rings.